The topological polar surface area (TPSA) is 60.2 Å². The Bertz CT molecular complexity index is 557. The molecule has 0 bridgehead atoms. The quantitative estimate of drug-likeness (QED) is 0.871. The first-order valence-corrected chi connectivity index (χ1v) is 10.3. The van der Waals surface area contributed by atoms with Gasteiger partial charge in [-0.1, -0.05) is 31.9 Å². The zero-order valence-electron chi connectivity index (χ0n) is 12.6. The molecule has 2 unspecified atom stereocenters. The third-order valence-corrected chi connectivity index (χ3v) is 7.40. The van der Waals surface area contributed by atoms with Gasteiger partial charge in [-0.3, -0.25) is 0 Å². The Morgan fingerprint density at radius 3 is 2.86 bits per heavy atom. The molecule has 1 aliphatic rings. The molecule has 0 aromatic heterocycles. The molecule has 1 aromatic rings. The average Bonchev–Trinajstić information content (AvgIpc) is 2.47. The number of thioether (sulfide) groups is 1. The molecule has 21 heavy (non-hydrogen) atoms. The molecule has 2 atom stereocenters. The van der Waals surface area contributed by atoms with Gasteiger partial charge < -0.3 is 5.73 Å². The lowest BCUT2D eigenvalue weighted by molar-refractivity contribution is 0.394. The van der Waals surface area contributed by atoms with E-state index in [0.717, 1.165) is 11.5 Å². The highest BCUT2D eigenvalue weighted by atomic mass is 32.2. The van der Waals surface area contributed by atoms with Crippen molar-refractivity contribution in [1.29, 1.82) is 0 Å². The Morgan fingerprint density at radius 2 is 2.14 bits per heavy atom. The van der Waals surface area contributed by atoms with Crippen LogP contribution in [-0.2, 0) is 16.4 Å². The molecule has 118 valence electrons. The fourth-order valence-corrected chi connectivity index (χ4v) is 6.08. The van der Waals surface area contributed by atoms with Crippen LogP contribution in [0.3, 0.4) is 0 Å². The van der Waals surface area contributed by atoms with Crippen LogP contribution in [0, 0.1) is 5.92 Å². The number of hydrogen-bond donors (Lipinski definition) is 1. The van der Waals surface area contributed by atoms with Crippen molar-refractivity contribution in [3.05, 3.63) is 29.8 Å². The Morgan fingerprint density at radius 1 is 1.33 bits per heavy atom. The van der Waals surface area contributed by atoms with E-state index in [-0.39, 0.29) is 5.75 Å². The molecule has 1 fully saturated rings. The predicted molar refractivity (Wildman–Crippen MR) is 90.3 cm³/mol. The van der Waals surface area contributed by atoms with E-state index in [1.807, 2.05) is 17.8 Å². The van der Waals surface area contributed by atoms with Gasteiger partial charge in [0.05, 0.1) is 10.6 Å². The predicted octanol–water partition coefficient (Wildman–Crippen LogP) is 3.23. The van der Waals surface area contributed by atoms with Gasteiger partial charge >= 0.3 is 0 Å². The van der Waals surface area contributed by atoms with Crippen molar-refractivity contribution in [1.82, 2.24) is 0 Å². The second-order valence-electron chi connectivity index (χ2n) is 5.93. The van der Waals surface area contributed by atoms with Gasteiger partial charge in [0.2, 0.25) is 0 Å². The second-order valence-corrected chi connectivity index (χ2v) is 9.45. The van der Waals surface area contributed by atoms with E-state index in [1.165, 1.54) is 25.7 Å². The van der Waals surface area contributed by atoms with E-state index in [1.54, 1.807) is 18.2 Å². The monoisotopic (exact) mass is 327 g/mol. The standard InChI is InChI=1S/C16H25NO2S2/c1-13-4-2-6-15(10-13)20-8-9-21(18,19)16-7-3-5-14(11-16)12-17/h3,5,7,11,13,15H,2,4,6,8-10,12,17H2,1H3. The van der Waals surface area contributed by atoms with Crippen LogP contribution in [0.5, 0.6) is 0 Å². The summed E-state index contributed by atoms with van der Waals surface area (Å²) in [7, 11) is -3.18. The Labute approximate surface area is 132 Å². The highest BCUT2D eigenvalue weighted by Gasteiger charge is 2.21. The number of benzene rings is 1. The van der Waals surface area contributed by atoms with Crippen molar-refractivity contribution in [3.8, 4) is 0 Å². The van der Waals surface area contributed by atoms with Gasteiger partial charge in [-0.05, 0) is 36.5 Å². The van der Waals surface area contributed by atoms with E-state index < -0.39 is 9.84 Å². The summed E-state index contributed by atoms with van der Waals surface area (Å²) in [5, 5.41) is 0.638. The van der Waals surface area contributed by atoms with E-state index in [9.17, 15) is 8.42 Å². The molecule has 1 saturated carbocycles. The van der Waals surface area contributed by atoms with Crippen LogP contribution in [0.1, 0.15) is 38.2 Å². The molecule has 0 spiro atoms. The molecular weight excluding hydrogens is 302 g/mol. The molecule has 2 N–H and O–H groups in total. The minimum atomic E-state index is -3.18. The van der Waals surface area contributed by atoms with Crippen molar-refractivity contribution >= 4 is 21.6 Å². The highest BCUT2D eigenvalue weighted by molar-refractivity contribution is 8.01. The van der Waals surface area contributed by atoms with Crippen LogP contribution in [0.4, 0.5) is 0 Å². The maximum Gasteiger partial charge on any atom is 0.179 e. The summed E-state index contributed by atoms with van der Waals surface area (Å²) in [6.07, 6.45) is 5.07. The van der Waals surface area contributed by atoms with Crippen LogP contribution in [-0.4, -0.2) is 25.2 Å². The molecule has 1 aliphatic carbocycles. The first-order chi connectivity index (χ1) is 10.0. The van der Waals surface area contributed by atoms with E-state index >= 15 is 0 Å². The fraction of sp³-hybridized carbons (Fsp3) is 0.625. The van der Waals surface area contributed by atoms with Gasteiger partial charge in [-0.2, -0.15) is 11.8 Å². The molecule has 0 radical (unpaired) electrons. The molecule has 0 heterocycles. The van der Waals surface area contributed by atoms with Crippen LogP contribution in [0.15, 0.2) is 29.2 Å². The number of rotatable bonds is 6. The average molecular weight is 328 g/mol. The molecule has 0 aliphatic heterocycles. The summed E-state index contributed by atoms with van der Waals surface area (Å²) in [4.78, 5) is 0.406. The van der Waals surface area contributed by atoms with E-state index in [2.05, 4.69) is 6.92 Å². The molecule has 3 nitrogen and oxygen atoms in total. The van der Waals surface area contributed by atoms with Crippen molar-refractivity contribution in [2.45, 2.75) is 49.3 Å². The summed E-state index contributed by atoms with van der Waals surface area (Å²) in [6.45, 7) is 2.67. The smallest absolute Gasteiger partial charge is 0.179 e. The summed E-state index contributed by atoms with van der Waals surface area (Å²) in [5.74, 6) is 1.69. The van der Waals surface area contributed by atoms with E-state index in [0.29, 0.717) is 22.4 Å². The number of sulfone groups is 1. The largest absolute Gasteiger partial charge is 0.326 e. The fourth-order valence-electron chi connectivity index (χ4n) is 2.84. The van der Waals surface area contributed by atoms with Gasteiger partial charge in [0, 0.05) is 17.5 Å². The highest BCUT2D eigenvalue weighted by Crippen LogP contribution is 2.32. The Hall–Kier alpha value is -0.520. The zero-order valence-corrected chi connectivity index (χ0v) is 14.3. The van der Waals surface area contributed by atoms with Crippen molar-refractivity contribution in [2.75, 3.05) is 11.5 Å². The van der Waals surface area contributed by atoms with Gasteiger partial charge in [-0.25, -0.2) is 8.42 Å². The Kier molecular flexibility index (Phi) is 6.14. The molecule has 5 heteroatoms. The first-order valence-electron chi connectivity index (χ1n) is 7.64. The summed E-state index contributed by atoms with van der Waals surface area (Å²) >= 11 is 1.83. The molecule has 0 saturated heterocycles. The first kappa shape index (κ1) is 16.8. The van der Waals surface area contributed by atoms with Crippen molar-refractivity contribution < 1.29 is 8.42 Å². The van der Waals surface area contributed by atoms with Crippen molar-refractivity contribution in [2.24, 2.45) is 11.7 Å². The molecular formula is C16H25NO2S2. The summed E-state index contributed by atoms with van der Waals surface area (Å²) < 4.78 is 24.7. The molecule has 0 amide bonds. The summed E-state index contributed by atoms with van der Waals surface area (Å²) in [5.41, 5.74) is 6.44. The zero-order chi connectivity index (χ0) is 15.3. The van der Waals surface area contributed by atoms with Crippen LogP contribution >= 0.6 is 11.8 Å². The van der Waals surface area contributed by atoms with E-state index in [4.69, 9.17) is 5.73 Å². The van der Waals surface area contributed by atoms with Gasteiger partial charge in [0.1, 0.15) is 0 Å². The van der Waals surface area contributed by atoms with Gasteiger partial charge in [0.15, 0.2) is 9.84 Å². The van der Waals surface area contributed by atoms with Gasteiger partial charge in [0.25, 0.3) is 0 Å². The van der Waals surface area contributed by atoms with Crippen LogP contribution < -0.4 is 5.73 Å². The van der Waals surface area contributed by atoms with Crippen molar-refractivity contribution in [3.63, 3.8) is 0 Å². The number of hydrogen-bond acceptors (Lipinski definition) is 4. The Balaban J connectivity index is 1.89. The maximum absolute atomic E-state index is 12.4. The lowest BCUT2D eigenvalue weighted by Crippen LogP contribution is -2.17. The lowest BCUT2D eigenvalue weighted by Gasteiger charge is -2.26. The third-order valence-electron chi connectivity index (χ3n) is 4.09. The normalized spacial score (nSPS) is 23.1. The second kappa shape index (κ2) is 7.65. The minimum absolute atomic E-state index is 0.219. The van der Waals surface area contributed by atoms with Gasteiger partial charge in [-0.15, -0.1) is 0 Å². The summed E-state index contributed by atoms with van der Waals surface area (Å²) in [6, 6.07) is 6.99. The minimum Gasteiger partial charge on any atom is -0.326 e. The third kappa shape index (κ3) is 5.01. The SMILES string of the molecule is CC1CCCC(SCCS(=O)(=O)c2cccc(CN)c2)C1. The molecule has 2 rings (SSSR count). The molecule has 1 aromatic carbocycles. The lowest BCUT2D eigenvalue weighted by atomic mass is 9.91. The number of nitrogens with two attached hydrogens (primary N) is 1. The van der Waals surface area contributed by atoms with Crippen LogP contribution in [0.2, 0.25) is 0 Å². The maximum atomic E-state index is 12.4. The van der Waals surface area contributed by atoms with Crippen LogP contribution in [0.25, 0.3) is 0 Å².